The van der Waals surface area contributed by atoms with Gasteiger partial charge in [-0.1, -0.05) is 24.3 Å². The molecule has 0 aromatic heterocycles. The summed E-state index contributed by atoms with van der Waals surface area (Å²) in [6, 6.07) is 14.2. The molecular formula is C15H14O5S. The van der Waals surface area contributed by atoms with Gasteiger partial charge in [0.2, 0.25) is 9.84 Å². The lowest BCUT2D eigenvalue weighted by Crippen LogP contribution is -2.12. The first kappa shape index (κ1) is 15.1. The van der Waals surface area contributed by atoms with Crippen molar-refractivity contribution in [2.75, 3.05) is 13.0 Å². The molecule has 0 aliphatic rings. The lowest BCUT2D eigenvalue weighted by molar-refractivity contribution is 0.0600. The van der Waals surface area contributed by atoms with Crippen LogP contribution in [0.15, 0.2) is 59.5 Å². The lowest BCUT2D eigenvalue weighted by atomic mass is 10.2. The Morgan fingerprint density at radius 3 is 2.43 bits per heavy atom. The Bertz CT molecular complexity index is 723. The first-order chi connectivity index (χ1) is 10.0. The molecule has 2 aromatic carbocycles. The summed E-state index contributed by atoms with van der Waals surface area (Å²) in [6.45, 7) is 0. The van der Waals surface area contributed by atoms with E-state index in [9.17, 15) is 13.2 Å². The van der Waals surface area contributed by atoms with E-state index in [1.807, 2.05) is 0 Å². The molecule has 0 heterocycles. The number of hydrogen-bond donors (Lipinski definition) is 0. The molecule has 0 spiro atoms. The number of rotatable bonds is 5. The number of ether oxygens (including phenoxy) is 2. The highest BCUT2D eigenvalue weighted by Gasteiger charge is 2.15. The predicted molar refractivity (Wildman–Crippen MR) is 76.9 cm³/mol. The Labute approximate surface area is 123 Å². The zero-order chi connectivity index (χ0) is 15.3. The largest absolute Gasteiger partial charge is 0.477 e. The Morgan fingerprint density at radius 2 is 1.76 bits per heavy atom. The van der Waals surface area contributed by atoms with Crippen molar-refractivity contribution in [2.24, 2.45) is 0 Å². The van der Waals surface area contributed by atoms with Gasteiger partial charge in [0.25, 0.3) is 0 Å². The van der Waals surface area contributed by atoms with Gasteiger partial charge in [0, 0.05) is 0 Å². The van der Waals surface area contributed by atoms with E-state index in [0.29, 0.717) is 5.56 Å². The Kier molecular flexibility index (Phi) is 4.59. The SMILES string of the molecule is COC(=O)c1cccc(OCS(=O)(=O)c2ccccc2)c1. The van der Waals surface area contributed by atoms with E-state index in [-0.39, 0.29) is 10.6 Å². The molecule has 0 aliphatic heterocycles. The van der Waals surface area contributed by atoms with Crippen molar-refractivity contribution in [3.8, 4) is 5.75 Å². The van der Waals surface area contributed by atoms with Gasteiger partial charge < -0.3 is 9.47 Å². The molecule has 0 fully saturated rings. The highest BCUT2D eigenvalue weighted by atomic mass is 32.2. The fraction of sp³-hybridized carbons (Fsp3) is 0.133. The molecule has 0 aliphatic carbocycles. The van der Waals surface area contributed by atoms with Crippen molar-refractivity contribution in [3.63, 3.8) is 0 Å². The third-order valence-electron chi connectivity index (χ3n) is 2.74. The van der Waals surface area contributed by atoms with Crippen LogP contribution in [-0.2, 0) is 14.6 Å². The topological polar surface area (TPSA) is 69.7 Å². The summed E-state index contributed by atoms with van der Waals surface area (Å²) in [5.41, 5.74) is 0.298. The van der Waals surface area contributed by atoms with Gasteiger partial charge in [-0.2, -0.15) is 0 Å². The van der Waals surface area contributed by atoms with Gasteiger partial charge >= 0.3 is 5.97 Å². The van der Waals surface area contributed by atoms with Crippen LogP contribution in [-0.4, -0.2) is 27.4 Å². The second-order valence-electron chi connectivity index (χ2n) is 4.21. The number of carbonyl (C=O) groups excluding carboxylic acids is 1. The second-order valence-corrected chi connectivity index (χ2v) is 6.15. The zero-order valence-electron chi connectivity index (χ0n) is 11.4. The number of benzene rings is 2. The first-order valence-corrected chi connectivity index (χ1v) is 7.77. The molecular weight excluding hydrogens is 292 g/mol. The van der Waals surface area contributed by atoms with E-state index in [0.717, 1.165) is 0 Å². The third kappa shape index (κ3) is 3.82. The minimum Gasteiger partial charge on any atom is -0.477 e. The van der Waals surface area contributed by atoms with Gasteiger partial charge in [-0.3, -0.25) is 0 Å². The first-order valence-electron chi connectivity index (χ1n) is 6.12. The van der Waals surface area contributed by atoms with Gasteiger partial charge in [0.05, 0.1) is 17.6 Å². The predicted octanol–water partition coefficient (Wildman–Crippen LogP) is 2.28. The van der Waals surface area contributed by atoms with Crippen LogP contribution in [0.3, 0.4) is 0 Å². The standard InChI is InChI=1S/C15H14O5S/c1-19-15(16)12-6-5-7-13(10-12)20-11-21(17,18)14-8-3-2-4-9-14/h2-10H,11H2,1H3. The molecule has 2 rings (SSSR count). The summed E-state index contributed by atoms with van der Waals surface area (Å²) in [5.74, 6) is -0.717. The Hall–Kier alpha value is -2.34. The molecule has 0 amide bonds. The van der Waals surface area contributed by atoms with E-state index in [1.54, 1.807) is 36.4 Å². The van der Waals surface area contributed by atoms with Crippen LogP contribution in [0.1, 0.15) is 10.4 Å². The Balaban J connectivity index is 2.12. The molecule has 2 aromatic rings. The average molecular weight is 306 g/mol. The Morgan fingerprint density at radius 1 is 1.05 bits per heavy atom. The number of carbonyl (C=O) groups is 1. The van der Waals surface area contributed by atoms with Gasteiger partial charge in [-0.15, -0.1) is 0 Å². The van der Waals surface area contributed by atoms with Crippen molar-refractivity contribution in [1.29, 1.82) is 0 Å². The van der Waals surface area contributed by atoms with Crippen LogP contribution >= 0.6 is 0 Å². The van der Waals surface area contributed by atoms with Crippen LogP contribution in [0.25, 0.3) is 0 Å². The van der Waals surface area contributed by atoms with Crippen LogP contribution in [0.2, 0.25) is 0 Å². The number of sulfone groups is 1. The van der Waals surface area contributed by atoms with Crippen molar-refractivity contribution < 1.29 is 22.7 Å². The molecule has 0 N–H and O–H groups in total. The van der Waals surface area contributed by atoms with Crippen molar-refractivity contribution in [2.45, 2.75) is 4.90 Å². The summed E-state index contributed by atoms with van der Waals surface area (Å²) in [4.78, 5) is 11.6. The van der Waals surface area contributed by atoms with E-state index in [1.165, 1.54) is 25.3 Å². The van der Waals surface area contributed by atoms with Gasteiger partial charge in [-0.05, 0) is 30.3 Å². The molecule has 0 saturated heterocycles. The fourth-order valence-corrected chi connectivity index (χ4v) is 2.67. The number of hydrogen-bond acceptors (Lipinski definition) is 5. The number of methoxy groups -OCH3 is 1. The molecule has 5 nitrogen and oxygen atoms in total. The van der Waals surface area contributed by atoms with E-state index in [4.69, 9.17) is 4.74 Å². The summed E-state index contributed by atoms with van der Waals surface area (Å²) in [5, 5.41) is 0. The number of esters is 1. The summed E-state index contributed by atoms with van der Waals surface area (Å²) >= 11 is 0. The normalized spacial score (nSPS) is 10.9. The summed E-state index contributed by atoms with van der Waals surface area (Å²) in [6.07, 6.45) is 0. The van der Waals surface area contributed by atoms with E-state index in [2.05, 4.69) is 4.74 Å². The van der Waals surface area contributed by atoms with Gasteiger partial charge in [-0.25, -0.2) is 13.2 Å². The van der Waals surface area contributed by atoms with Crippen LogP contribution in [0.4, 0.5) is 0 Å². The van der Waals surface area contributed by atoms with Gasteiger partial charge in [0.15, 0.2) is 5.94 Å². The third-order valence-corrected chi connectivity index (χ3v) is 4.16. The maximum Gasteiger partial charge on any atom is 0.337 e. The summed E-state index contributed by atoms with van der Waals surface area (Å²) < 4.78 is 34.0. The molecule has 0 radical (unpaired) electrons. The smallest absolute Gasteiger partial charge is 0.337 e. The monoisotopic (exact) mass is 306 g/mol. The fourth-order valence-electron chi connectivity index (χ4n) is 1.67. The van der Waals surface area contributed by atoms with Crippen LogP contribution in [0, 0.1) is 0 Å². The molecule has 6 heteroatoms. The van der Waals surface area contributed by atoms with Crippen LogP contribution < -0.4 is 4.74 Å². The maximum atomic E-state index is 12.1. The second kappa shape index (κ2) is 6.41. The lowest BCUT2D eigenvalue weighted by Gasteiger charge is -2.08. The molecule has 0 atom stereocenters. The minimum atomic E-state index is -3.54. The van der Waals surface area contributed by atoms with E-state index < -0.39 is 21.7 Å². The van der Waals surface area contributed by atoms with Crippen LogP contribution in [0.5, 0.6) is 5.75 Å². The molecule has 0 bridgehead atoms. The summed E-state index contributed by atoms with van der Waals surface area (Å²) in [7, 11) is -2.26. The van der Waals surface area contributed by atoms with Gasteiger partial charge in [0.1, 0.15) is 5.75 Å². The van der Waals surface area contributed by atoms with Crippen molar-refractivity contribution >= 4 is 15.8 Å². The molecule has 110 valence electrons. The molecule has 0 saturated carbocycles. The molecule has 0 unspecified atom stereocenters. The highest BCUT2D eigenvalue weighted by Crippen LogP contribution is 2.17. The van der Waals surface area contributed by atoms with Crippen molar-refractivity contribution in [1.82, 2.24) is 0 Å². The molecule has 21 heavy (non-hydrogen) atoms. The quantitative estimate of drug-likeness (QED) is 0.793. The minimum absolute atomic E-state index is 0.189. The van der Waals surface area contributed by atoms with E-state index >= 15 is 0 Å². The maximum absolute atomic E-state index is 12.1. The average Bonchev–Trinajstić information content (AvgIpc) is 2.53. The van der Waals surface area contributed by atoms with Crippen molar-refractivity contribution in [3.05, 3.63) is 60.2 Å². The zero-order valence-corrected chi connectivity index (χ0v) is 12.2. The highest BCUT2D eigenvalue weighted by molar-refractivity contribution is 7.91.